The molecule has 2 aromatic carbocycles. The molecule has 1 aliphatic heterocycles. The number of nitriles is 1. The number of benzene rings is 2. The van der Waals surface area contributed by atoms with Crippen LogP contribution in [0.2, 0.25) is 0 Å². The van der Waals surface area contributed by atoms with Gasteiger partial charge in [-0.1, -0.05) is 37.6 Å². The van der Waals surface area contributed by atoms with Crippen molar-refractivity contribution in [2.45, 2.75) is 46.5 Å². The van der Waals surface area contributed by atoms with Crippen LogP contribution in [0.4, 0.5) is 5.69 Å². The highest BCUT2D eigenvalue weighted by molar-refractivity contribution is 6.00. The highest BCUT2D eigenvalue weighted by atomic mass is 16.5. The lowest BCUT2D eigenvalue weighted by Gasteiger charge is -2.37. The number of ketones is 1. The van der Waals surface area contributed by atoms with Gasteiger partial charge in [0.2, 0.25) is 5.88 Å². The van der Waals surface area contributed by atoms with Gasteiger partial charge in [0, 0.05) is 24.1 Å². The molecule has 0 saturated heterocycles. The second-order valence-corrected chi connectivity index (χ2v) is 10.3. The molecule has 2 aromatic rings. The monoisotopic (exact) mass is 501 g/mol. The zero-order valence-corrected chi connectivity index (χ0v) is 21.7. The van der Waals surface area contributed by atoms with E-state index in [9.17, 15) is 14.9 Å². The van der Waals surface area contributed by atoms with Crippen LogP contribution in [0.5, 0.6) is 11.5 Å². The van der Waals surface area contributed by atoms with E-state index in [1.807, 2.05) is 45.9 Å². The number of ether oxygens (including phenoxy) is 3. The molecular weight excluding hydrogens is 470 g/mol. The lowest BCUT2D eigenvalue weighted by molar-refractivity contribution is -0.119. The van der Waals surface area contributed by atoms with Crippen molar-refractivity contribution in [1.82, 2.24) is 0 Å². The van der Waals surface area contributed by atoms with Crippen molar-refractivity contribution in [2.75, 3.05) is 19.0 Å². The van der Waals surface area contributed by atoms with Gasteiger partial charge in [-0.25, -0.2) is 0 Å². The van der Waals surface area contributed by atoms with Crippen LogP contribution < -0.4 is 20.5 Å². The van der Waals surface area contributed by atoms with Crippen molar-refractivity contribution in [3.63, 3.8) is 0 Å². The second kappa shape index (κ2) is 10.0. The number of carbonyl (C=O) groups excluding carboxylic acids is 2. The molecule has 0 spiro atoms. The Balaban J connectivity index is 1.59. The molecule has 0 fully saturated rings. The molecule has 1 amide bonds. The van der Waals surface area contributed by atoms with Gasteiger partial charge in [-0.2, -0.15) is 5.26 Å². The van der Waals surface area contributed by atoms with Gasteiger partial charge in [0.1, 0.15) is 17.4 Å². The van der Waals surface area contributed by atoms with Crippen LogP contribution in [-0.2, 0) is 14.3 Å². The Bertz CT molecular complexity index is 1380. The summed E-state index contributed by atoms with van der Waals surface area (Å²) in [6.07, 6.45) is 0.885. The molecule has 3 N–H and O–H groups in total. The molecule has 37 heavy (non-hydrogen) atoms. The summed E-state index contributed by atoms with van der Waals surface area (Å²) in [5.41, 5.74) is 9.91. The number of anilines is 1. The Morgan fingerprint density at radius 1 is 1.19 bits per heavy atom. The highest BCUT2D eigenvalue weighted by Gasteiger charge is 2.43. The Morgan fingerprint density at radius 3 is 2.62 bits per heavy atom. The Hall–Kier alpha value is -4.25. The largest absolute Gasteiger partial charge is 0.493 e. The van der Waals surface area contributed by atoms with Crippen molar-refractivity contribution < 1.29 is 23.8 Å². The molecule has 1 aliphatic carbocycles. The molecule has 0 radical (unpaired) electrons. The predicted octanol–water partition coefficient (Wildman–Crippen LogP) is 4.78. The third-order valence-corrected chi connectivity index (χ3v) is 6.61. The standard InChI is InChI=1S/C29H31N3O5/c1-16-6-8-20(17(2)10-16)32-25(34)15-36-22-9-7-18(11-23(22)35-5)26-19(14-30)28(31)37-24-13-29(3,4)12-21(33)27(24)26/h6-11,26H,12-13,15,31H2,1-5H3,(H,32,34)/t26-/m1/s1. The van der Waals surface area contributed by atoms with E-state index in [2.05, 4.69) is 11.4 Å². The van der Waals surface area contributed by atoms with Crippen molar-refractivity contribution >= 4 is 17.4 Å². The van der Waals surface area contributed by atoms with E-state index in [0.717, 1.165) is 16.8 Å². The van der Waals surface area contributed by atoms with E-state index >= 15 is 0 Å². The number of amides is 1. The van der Waals surface area contributed by atoms with Gasteiger partial charge in [0.15, 0.2) is 23.9 Å². The van der Waals surface area contributed by atoms with Gasteiger partial charge in [0.05, 0.1) is 13.0 Å². The summed E-state index contributed by atoms with van der Waals surface area (Å²) in [7, 11) is 1.49. The van der Waals surface area contributed by atoms with Crippen LogP contribution in [0.15, 0.2) is 59.2 Å². The van der Waals surface area contributed by atoms with Crippen LogP contribution in [0, 0.1) is 30.6 Å². The number of hydrogen-bond donors (Lipinski definition) is 2. The van der Waals surface area contributed by atoms with Gasteiger partial charge in [-0.05, 0) is 48.6 Å². The zero-order chi connectivity index (χ0) is 26.9. The molecule has 8 heteroatoms. The van der Waals surface area contributed by atoms with E-state index in [-0.39, 0.29) is 35.2 Å². The van der Waals surface area contributed by atoms with Gasteiger partial charge in [-0.3, -0.25) is 9.59 Å². The number of carbonyl (C=O) groups is 2. The van der Waals surface area contributed by atoms with Gasteiger partial charge < -0.3 is 25.3 Å². The summed E-state index contributed by atoms with van der Waals surface area (Å²) >= 11 is 0. The van der Waals surface area contributed by atoms with Crippen molar-refractivity contribution in [3.05, 3.63) is 75.9 Å². The fraction of sp³-hybridized carbons (Fsp3) is 0.345. The van der Waals surface area contributed by atoms with E-state index in [0.29, 0.717) is 41.2 Å². The maximum atomic E-state index is 13.2. The summed E-state index contributed by atoms with van der Waals surface area (Å²) in [5, 5.41) is 12.7. The van der Waals surface area contributed by atoms with Crippen LogP contribution in [-0.4, -0.2) is 25.4 Å². The van der Waals surface area contributed by atoms with Gasteiger partial charge in [-0.15, -0.1) is 0 Å². The maximum absolute atomic E-state index is 13.2. The van der Waals surface area contributed by atoms with Gasteiger partial charge in [0.25, 0.3) is 5.91 Å². The first-order valence-electron chi connectivity index (χ1n) is 12.0. The van der Waals surface area contributed by atoms with E-state index in [1.54, 1.807) is 18.2 Å². The lowest BCUT2D eigenvalue weighted by Crippen LogP contribution is -2.33. The fourth-order valence-electron chi connectivity index (χ4n) is 4.88. The molecule has 8 nitrogen and oxygen atoms in total. The Labute approximate surface area is 216 Å². The molecule has 1 atom stereocenters. The smallest absolute Gasteiger partial charge is 0.262 e. The number of nitrogens with two attached hydrogens (primary N) is 1. The first kappa shape index (κ1) is 25.8. The second-order valence-electron chi connectivity index (χ2n) is 10.3. The number of hydrogen-bond acceptors (Lipinski definition) is 7. The average Bonchev–Trinajstić information content (AvgIpc) is 2.82. The average molecular weight is 502 g/mol. The summed E-state index contributed by atoms with van der Waals surface area (Å²) in [6, 6.07) is 13.0. The number of aryl methyl sites for hydroxylation is 2. The van der Waals surface area contributed by atoms with Gasteiger partial charge >= 0.3 is 0 Å². The van der Waals surface area contributed by atoms with Crippen LogP contribution >= 0.6 is 0 Å². The number of Topliss-reactive ketones (excluding diaryl/α,β-unsaturated/α-hetero) is 1. The minimum Gasteiger partial charge on any atom is -0.493 e. The quantitative estimate of drug-likeness (QED) is 0.584. The highest BCUT2D eigenvalue weighted by Crippen LogP contribution is 2.48. The predicted molar refractivity (Wildman–Crippen MR) is 139 cm³/mol. The molecule has 2 aliphatic rings. The van der Waals surface area contributed by atoms with Crippen molar-refractivity contribution in [1.29, 1.82) is 5.26 Å². The number of nitrogens with zero attached hydrogens (tertiary/aromatic N) is 1. The first-order chi connectivity index (χ1) is 17.5. The molecule has 4 rings (SSSR count). The Morgan fingerprint density at radius 2 is 1.95 bits per heavy atom. The van der Waals surface area contributed by atoms with Crippen molar-refractivity contribution in [2.24, 2.45) is 11.1 Å². The molecule has 1 heterocycles. The summed E-state index contributed by atoms with van der Waals surface area (Å²) < 4.78 is 17.0. The molecule has 192 valence electrons. The van der Waals surface area contributed by atoms with Crippen molar-refractivity contribution in [3.8, 4) is 17.6 Å². The number of nitrogens with one attached hydrogen (secondary N) is 1. The maximum Gasteiger partial charge on any atom is 0.262 e. The molecular formula is C29H31N3O5. The topological polar surface area (TPSA) is 124 Å². The Kier molecular flexibility index (Phi) is 6.99. The summed E-state index contributed by atoms with van der Waals surface area (Å²) in [4.78, 5) is 25.7. The lowest BCUT2D eigenvalue weighted by atomic mass is 9.70. The molecule has 0 unspecified atom stereocenters. The van der Waals surface area contributed by atoms with E-state index in [4.69, 9.17) is 19.9 Å². The molecule has 0 saturated carbocycles. The number of rotatable bonds is 6. The molecule has 0 bridgehead atoms. The molecule has 0 aromatic heterocycles. The number of methoxy groups -OCH3 is 1. The zero-order valence-electron chi connectivity index (χ0n) is 21.7. The normalized spacial score (nSPS) is 18.5. The fourth-order valence-corrected chi connectivity index (χ4v) is 4.88. The third-order valence-electron chi connectivity index (χ3n) is 6.61. The minimum absolute atomic E-state index is 0.000821. The SMILES string of the molecule is COc1cc([C@@H]2C(C#N)=C(N)OC3=C2C(=O)CC(C)(C)C3)ccc1OCC(=O)Nc1ccc(C)cc1C. The van der Waals surface area contributed by atoms with Crippen LogP contribution in [0.1, 0.15) is 49.3 Å². The van der Waals surface area contributed by atoms with Crippen LogP contribution in [0.25, 0.3) is 0 Å². The van der Waals surface area contributed by atoms with Crippen LogP contribution in [0.3, 0.4) is 0 Å². The minimum atomic E-state index is -0.673. The third kappa shape index (κ3) is 5.31. The summed E-state index contributed by atoms with van der Waals surface area (Å²) in [5.74, 6) is 0.172. The first-order valence-corrected chi connectivity index (χ1v) is 12.0. The number of allylic oxidation sites excluding steroid dienone is 3. The van der Waals surface area contributed by atoms with E-state index < -0.39 is 5.92 Å². The summed E-state index contributed by atoms with van der Waals surface area (Å²) in [6.45, 7) is 7.69. The van der Waals surface area contributed by atoms with E-state index in [1.165, 1.54) is 7.11 Å².